The van der Waals surface area contributed by atoms with Crippen LogP contribution in [0, 0.1) is 6.92 Å². The molecule has 0 unspecified atom stereocenters. The Morgan fingerprint density at radius 3 is 2.95 bits per heavy atom. The lowest BCUT2D eigenvalue weighted by Crippen LogP contribution is -2.00. The fraction of sp³-hybridized carbons (Fsp3) is 0.133. The molecule has 0 atom stereocenters. The third kappa shape index (κ3) is 2.39. The van der Waals surface area contributed by atoms with E-state index in [4.69, 9.17) is 5.73 Å². The summed E-state index contributed by atoms with van der Waals surface area (Å²) >= 11 is 1.74. The largest absolute Gasteiger partial charge is 0.399 e. The number of nitrogens with zero attached hydrogens (tertiary/aromatic N) is 1. The maximum atomic E-state index is 5.79. The van der Waals surface area contributed by atoms with Gasteiger partial charge in [0.2, 0.25) is 0 Å². The molecule has 0 aliphatic heterocycles. The monoisotopic (exact) mass is 269 g/mol. The van der Waals surface area contributed by atoms with Gasteiger partial charge >= 0.3 is 0 Å². The summed E-state index contributed by atoms with van der Waals surface area (Å²) in [7, 11) is 0. The van der Waals surface area contributed by atoms with Gasteiger partial charge < -0.3 is 11.1 Å². The van der Waals surface area contributed by atoms with E-state index in [1.807, 2.05) is 30.5 Å². The van der Waals surface area contributed by atoms with Crippen molar-refractivity contribution in [3.63, 3.8) is 0 Å². The summed E-state index contributed by atoms with van der Waals surface area (Å²) in [5.41, 5.74) is 11.2. The predicted octanol–water partition coefficient (Wildman–Crippen LogP) is 3.80. The number of nitrogen functional groups attached to an aromatic ring is 1. The second-order valence-corrected chi connectivity index (χ2v) is 5.31. The van der Waals surface area contributed by atoms with Gasteiger partial charge in [0.05, 0.1) is 5.52 Å². The fourth-order valence-electron chi connectivity index (χ4n) is 2.08. The zero-order chi connectivity index (χ0) is 13.2. The highest BCUT2D eigenvalue weighted by Gasteiger charge is 2.03. The number of aryl methyl sites for hydroxylation is 1. The van der Waals surface area contributed by atoms with E-state index in [0.29, 0.717) is 0 Å². The average molecular weight is 269 g/mol. The van der Waals surface area contributed by atoms with E-state index in [1.54, 1.807) is 11.3 Å². The van der Waals surface area contributed by atoms with Crippen molar-refractivity contribution in [2.45, 2.75) is 13.5 Å². The zero-order valence-electron chi connectivity index (χ0n) is 10.7. The molecule has 0 aliphatic rings. The van der Waals surface area contributed by atoms with E-state index in [2.05, 4.69) is 28.0 Å². The van der Waals surface area contributed by atoms with Crippen molar-refractivity contribution in [2.75, 3.05) is 11.1 Å². The lowest BCUT2D eigenvalue weighted by molar-refractivity contribution is 1.14. The molecule has 3 rings (SSSR count). The molecule has 3 N–H and O–H groups in total. The molecule has 96 valence electrons. The van der Waals surface area contributed by atoms with Crippen molar-refractivity contribution in [3.8, 4) is 0 Å². The Bertz CT molecular complexity index is 718. The molecule has 0 saturated heterocycles. The summed E-state index contributed by atoms with van der Waals surface area (Å²) < 4.78 is 0. The maximum Gasteiger partial charge on any atom is 0.0743 e. The Morgan fingerprint density at radius 2 is 2.16 bits per heavy atom. The summed E-state index contributed by atoms with van der Waals surface area (Å²) in [6, 6.07) is 7.82. The topological polar surface area (TPSA) is 50.9 Å². The van der Waals surface area contributed by atoms with Crippen molar-refractivity contribution in [3.05, 3.63) is 52.3 Å². The van der Waals surface area contributed by atoms with Gasteiger partial charge in [-0.3, -0.25) is 4.98 Å². The van der Waals surface area contributed by atoms with Gasteiger partial charge in [-0.1, -0.05) is 0 Å². The zero-order valence-corrected chi connectivity index (χ0v) is 11.5. The number of hydrogen-bond acceptors (Lipinski definition) is 4. The Balaban J connectivity index is 1.91. The third-order valence-electron chi connectivity index (χ3n) is 3.20. The molecule has 4 heteroatoms. The van der Waals surface area contributed by atoms with Crippen LogP contribution in [0.1, 0.15) is 11.1 Å². The fourth-order valence-corrected chi connectivity index (χ4v) is 2.93. The van der Waals surface area contributed by atoms with Gasteiger partial charge in [0.15, 0.2) is 0 Å². The molecule has 19 heavy (non-hydrogen) atoms. The number of nitrogens with two attached hydrogens (primary N) is 1. The first-order valence-electron chi connectivity index (χ1n) is 6.14. The molecule has 2 heterocycles. The number of aromatic nitrogens is 1. The van der Waals surface area contributed by atoms with E-state index in [9.17, 15) is 0 Å². The molecule has 0 bridgehead atoms. The van der Waals surface area contributed by atoms with Gasteiger partial charge in [0.25, 0.3) is 0 Å². The van der Waals surface area contributed by atoms with Crippen LogP contribution in [0.25, 0.3) is 10.9 Å². The second-order valence-electron chi connectivity index (χ2n) is 4.57. The van der Waals surface area contributed by atoms with E-state index in [-0.39, 0.29) is 0 Å². The first-order valence-corrected chi connectivity index (χ1v) is 7.08. The number of hydrogen-bond donors (Lipinski definition) is 2. The lowest BCUT2D eigenvalue weighted by atomic mass is 10.1. The normalized spacial score (nSPS) is 10.8. The van der Waals surface area contributed by atoms with Crippen molar-refractivity contribution in [2.24, 2.45) is 0 Å². The van der Waals surface area contributed by atoms with Crippen LogP contribution in [-0.2, 0) is 6.54 Å². The first kappa shape index (κ1) is 12.0. The molecule has 3 nitrogen and oxygen atoms in total. The van der Waals surface area contributed by atoms with Gasteiger partial charge in [0, 0.05) is 29.5 Å². The van der Waals surface area contributed by atoms with Gasteiger partial charge in [0.1, 0.15) is 0 Å². The number of fused-ring (bicyclic) bond motifs is 1. The van der Waals surface area contributed by atoms with Crippen LogP contribution >= 0.6 is 11.3 Å². The number of rotatable bonds is 3. The van der Waals surface area contributed by atoms with Gasteiger partial charge in [-0.2, -0.15) is 11.3 Å². The minimum atomic E-state index is 0.742. The number of benzene rings is 1. The van der Waals surface area contributed by atoms with E-state index >= 15 is 0 Å². The molecular formula is C15H15N3S. The average Bonchev–Trinajstić information content (AvgIpc) is 2.81. The van der Waals surface area contributed by atoms with E-state index in [0.717, 1.165) is 28.8 Å². The van der Waals surface area contributed by atoms with Crippen LogP contribution in [0.15, 0.2) is 41.2 Å². The smallest absolute Gasteiger partial charge is 0.0743 e. The summed E-state index contributed by atoms with van der Waals surface area (Å²) in [5.74, 6) is 0. The van der Waals surface area contributed by atoms with Gasteiger partial charge in [-0.25, -0.2) is 0 Å². The molecule has 0 amide bonds. The van der Waals surface area contributed by atoms with Crippen LogP contribution in [0.5, 0.6) is 0 Å². The van der Waals surface area contributed by atoms with Crippen LogP contribution in [-0.4, -0.2) is 4.98 Å². The highest BCUT2D eigenvalue weighted by Crippen LogP contribution is 2.24. The minimum absolute atomic E-state index is 0.742. The first-order chi connectivity index (χ1) is 9.24. The number of pyridine rings is 1. The Hall–Kier alpha value is -2.07. The van der Waals surface area contributed by atoms with Crippen molar-refractivity contribution in [1.82, 2.24) is 4.98 Å². The summed E-state index contributed by atoms with van der Waals surface area (Å²) in [5, 5.41) is 8.93. The SMILES string of the molecule is Cc1cscc1CNc1ccnc2cc(N)ccc12. The molecule has 3 aromatic rings. The summed E-state index contributed by atoms with van der Waals surface area (Å²) in [4.78, 5) is 4.35. The van der Waals surface area contributed by atoms with Crippen LogP contribution < -0.4 is 11.1 Å². The minimum Gasteiger partial charge on any atom is -0.399 e. The molecule has 0 fully saturated rings. The van der Waals surface area contributed by atoms with Crippen LogP contribution in [0.4, 0.5) is 11.4 Å². The molecular weight excluding hydrogens is 254 g/mol. The quantitative estimate of drug-likeness (QED) is 0.711. The van der Waals surface area contributed by atoms with Gasteiger partial charge in [-0.05, 0) is 53.1 Å². The second kappa shape index (κ2) is 4.90. The Kier molecular flexibility index (Phi) is 3.09. The molecule has 2 aromatic heterocycles. The molecule has 1 aromatic carbocycles. The number of nitrogens with one attached hydrogen (secondary N) is 1. The summed E-state index contributed by atoms with van der Waals surface area (Å²) in [6.45, 7) is 2.97. The highest BCUT2D eigenvalue weighted by atomic mass is 32.1. The predicted molar refractivity (Wildman–Crippen MR) is 82.5 cm³/mol. The maximum absolute atomic E-state index is 5.79. The Labute approximate surface area is 116 Å². The van der Waals surface area contributed by atoms with Crippen molar-refractivity contribution in [1.29, 1.82) is 0 Å². The molecule has 0 spiro atoms. The van der Waals surface area contributed by atoms with Gasteiger partial charge in [-0.15, -0.1) is 0 Å². The third-order valence-corrected chi connectivity index (χ3v) is 4.11. The van der Waals surface area contributed by atoms with E-state index < -0.39 is 0 Å². The number of thiophene rings is 1. The molecule has 0 radical (unpaired) electrons. The van der Waals surface area contributed by atoms with Crippen LogP contribution in [0.3, 0.4) is 0 Å². The molecule has 0 aliphatic carbocycles. The standard InChI is InChI=1S/C15H15N3S/c1-10-8-19-9-11(10)7-18-14-4-5-17-15-6-12(16)2-3-13(14)15/h2-6,8-9H,7,16H2,1H3,(H,17,18). The van der Waals surface area contributed by atoms with Crippen LogP contribution in [0.2, 0.25) is 0 Å². The Morgan fingerprint density at radius 1 is 1.26 bits per heavy atom. The highest BCUT2D eigenvalue weighted by molar-refractivity contribution is 7.08. The summed E-state index contributed by atoms with van der Waals surface area (Å²) in [6.07, 6.45) is 1.81. The van der Waals surface area contributed by atoms with Crippen molar-refractivity contribution >= 4 is 33.6 Å². The number of anilines is 2. The molecule has 0 saturated carbocycles. The lowest BCUT2D eigenvalue weighted by Gasteiger charge is -2.09. The van der Waals surface area contributed by atoms with E-state index in [1.165, 1.54) is 11.1 Å². The van der Waals surface area contributed by atoms with Crippen molar-refractivity contribution < 1.29 is 0 Å².